The minimum Gasteiger partial charge on any atom is -0.473 e. The fourth-order valence-electron chi connectivity index (χ4n) is 4.15. The van der Waals surface area contributed by atoms with Gasteiger partial charge in [-0.15, -0.1) is 5.10 Å². The highest BCUT2D eigenvalue weighted by molar-refractivity contribution is 6.24. The van der Waals surface area contributed by atoms with Gasteiger partial charge in [0.2, 0.25) is 5.90 Å². The van der Waals surface area contributed by atoms with Gasteiger partial charge < -0.3 is 9.72 Å². The van der Waals surface area contributed by atoms with E-state index in [9.17, 15) is 4.79 Å². The lowest BCUT2D eigenvalue weighted by molar-refractivity contribution is -0.116. The number of H-pyrrole nitrogens is 1. The van der Waals surface area contributed by atoms with Crippen LogP contribution in [0.3, 0.4) is 0 Å². The number of aromatic amines is 1. The number of hydrogen-bond acceptors (Lipinski definition) is 4. The van der Waals surface area contributed by atoms with Crippen molar-refractivity contribution in [1.82, 2.24) is 15.3 Å². The summed E-state index contributed by atoms with van der Waals surface area (Å²) < 4.78 is 5.72. The number of likely N-dealkylation sites (tertiary alicyclic amines) is 1. The van der Waals surface area contributed by atoms with Gasteiger partial charge in [0.1, 0.15) is 5.57 Å². The van der Waals surface area contributed by atoms with Crippen LogP contribution in [-0.4, -0.2) is 40.9 Å². The molecule has 0 saturated carbocycles. The Kier molecular flexibility index (Phi) is 4.85. The number of nitrogens with one attached hydrogen (secondary N) is 2. The molecule has 0 aromatic carbocycles. The van der Waals surface area contributed by atoms with Crippen LogP contribution in [0.25, 0.3) is 6.08 Å². The van der Waals surface area contributed by atoms with Gasteiger partial charge in [-0.25, -0.2) is 5.43 Å². The van der Waals surface area contributed by atoms with E-state index in [0.717, 1.165) is 25.1 Å². The molecule has 0 bridgehead atoms. The quantitative estimate of drug-likeness (QED) is 0.815. The molecule has 1 saturated heterocycles. The molecule has 0 radical (unpaired) electrons. The van der Waals surface area contributed by atoms with Crippen LogP contribution in [0.1, 0.15) is 62.0 Å². The third-order valence-corrected chi connectivity index (χ3v) is 5.39. The lowest BCUT2D eigenvalue weighted by Crippen LogP contribution is -2.20. The summed E-state index contributed by atoms with van der Waals surface area (Å²) in [5.41, 5.74) is 8.27. The van der Waals surface area contributed by atoms with Gasteiger partial charge in [0, 0.05) is 17.9 Å². The number of carbonyl (C=O) groups is 1. The van der Waals surface area contributed by atoms with E-state index >= 15 is 0 Å². The molecule has 1 aliphatic carbocycles. The van der Waals surface area contributed by atoms with E-state index < -0.39 is 0 Å². The van der Waals surface area contributed by atoms with Gasteiger partial charge in [0.25, 0.3) is 5.91 Å². The van der Waals surface area contributed by atoms with E-state index in [1.54, 1.807) is 0 Å². The van der Waals surface area contributed by atoms with Crippen LogP contribution >= 0.6 is 0 Å². The molecule has 1 aromatic heterocycles. The molecule has 0 atom stereocenters. The molecule has 2 N–H and O–H groups in total. The lowest BCUT2D eigenvalue weighted by atomic mass is 9.94. The molecule has 1 amide bonds. The lowest BCUT2D eigenvalue weighted by Gasteiger charge is -2.18. The molecule has 2 aliphatic heterocycles. The Morgan fingerprint density at radius 2 is 1.96 bits per heavy atom. The molecule has 0 unspecified atom stereocenters. The first-order chi connectivity index (χ1) is 12.6. The van der Waals surface area contributed by atoms with E-state index in [1.165, 1.54) is 55.6 Å². The average Bonchev–Trinajstić information content (AvgIpc) is 3.32. The fraction of sp³-hybridized carbons (Fsp3) is 0.600. The van der Waals surface area contributed by atoms with Crippen molar-refractivity contribution in [2.24, 2.45) is 5.10 Å². The minimum absolute atomic E-state index is 0.0224. The van der Waals surface area contributed by atoms with Crippen LogP contribution in [0.5, 0.6) is 0 Å². The van der Waals surface area contributed by atoms with Crippen LogP contribution in [-0.2, 0) is 28.9 Å². The maximum absolute atomic E-state index is 12.3. The van der Waals surface area contributed by atoms with Crippen LogP contribution in [0.2, 0.25) is 0 Å². The van der Waals surface area contributed by atoms with Gasteiger partial charge in [-0.3, -0.25) is 9.69 Å². The summed E-state index contributed by atoms with van der Waals surface area (Å²) in [4.78, 5) is 18.4. The van der Waals surface area contributed by atoms with E-state index in [-0.39, 0.29) is 12.0 Å². The predicted octanol–water partition coefficient (Wildman–Crippen LogP) is 2.74. The third-order valence-electron chi connectivity index (χ3n) is 5.39. The summed E-state index contributed by atoms with van der Waals surface area (Å²) in [7, 11) is 0. The van der Waals surface area contributed by atoms with Gasteiger partial charge in [0.05, 0.1) is 6.10 Å². The summed E-state index contributed by atoms with van der Waals surface area (Å²) in [6.07, 6.45) is 9.19. The molecular formula is C20H28N4O2. The summed E-state index contributed by atoms with van der Waals surface area (Å²) in [5.74, 6) is 0.199. The normalized spacial score (nSPS) is 22.0. The van der Waals surface area contributed by atoms with Gasteiger partial charge in [-0.05, 0) is 82.7 Å². The second-order valence-corrected chi connectivity index (χ2v) is 7.75. The van der Waals surface area contributed by atoms with E-state index in [1.807, 2.05) is 19.9 Å². The van der Waals surface area contributed by atoms with Crippen molar-refractivity contribution < 1.29 is 9.53 Å². The van der Waals surface area contributed by atoms with Gasteiger partial charge in [0.15, 0.2) is 0 Å². The zero-order valence-electron chi connectivity index (χ0n) is 15.7. The number of aromatic nitrogens is 1. The molecule has 1 aromatic rings. The molecule has 3 heterocycles. The molecule has 140 valence electrons. The van der Waals surface area contributed by atoms with Crippen molar-refractivity contribution in [3.63, 3.8) is 0 Å². The van der Waals surface area contributed by atoms with Crippen molar-refractivity contribution in [1.29, 1.82) is 0 Å². The number of fused-ring (bicyclic) bond motifs is 1. The number of amides is 1. The van der Waals surface area contributed by atoms with E-state index in [0.29, 0.717) is 11.5 Å². The summed E-state index contributed by atoms with van der Waals surface area (Å²) >= 11 is 0. The molecular weight excluding hydrogens is 328 g/mol. The number of rotatable bonds is 4. The zero-order valence-corrected chi connectivity index (χ0v) is 15.7. The highest BCUT2D eigenvalue weighted by atomic mass is 16.5. The van der Waals surface area contributed by atoms with Crippen molar-refractivity contribution in [3.05, 3.63) is 28.1 Å². The second-order valence-electron chi connectivity index (χ2n) is 7.75. The maximum Gasteiger partial charge on any atom is 0.277 e. The molecule has 0 spiro atoms. The summed E-state index contributed by atoms with van der Waals surface area (Å²) in [6.45, 7) is 7.17. The predicted molar refractivity (Wildman–Crippen MR) is 102 cm³/mol. The largest absolute Gasteiger partial charge is 0.473 e. The Bertz CT molecular complexity index is 754. The molecule has 1 fully saturated rings. The standard InChI is InChI=1S/C20H28N4O2/c1-13(2)26-20-15(19(25)22-23-20)11-18-16(12-24-9-5-6-10-24)14-7-3-4-8-17(14)21-18/h11,13,21H,3-10,12H2,1-2H3,(H,22,25)/b15-11-. The van der Waals surface area contributed by atoms with Crippen LogP contribution in [0.15, 0.2) is 10.7 Å². The van der Waals surface area contributed by atoms with Crippen molar-refractivity contribution >= 4 is 17.9 Å². The van der Waals surface area contributed by atoms with Crippen LogP contribution in [0, 0.1) is 0 Å². The van der Waals surface area contributed by atoms with Crippen molar-refractivity contribution in [2.75, 3.05) is 13.1 Å². The first-order valence-corrected chi connectivity index (χ1v) is 9.83. The van der Waals surface area contributed by atoms with Crippen molar-refractivity contribution in [2.45, 2.75) is 65.0 Å². The maximum atomic E-state index is 12.3. The second kappa shape index (κ2) is 7.27. The number of hydrazone groups is 1. The Balaban J connectivity index is 1.69. The SMILES string of the molecule is CC(C)OC1=NNC(=O)/C1=C/c1[nH]c2c(c1CN1CCCC1)CCCC2. The number of nitrogens with zero attached hydrogens (tertiary/aromatic N) is 2. The number of carbonyl (C=O) groups excluding carboxylic acids is 1. The highest BCUT2D eigenvalue weighted by Gasteiger charge is 2.28. The Morgan fingerprint density at radius 3 is 2.73 bits per heavy atom. The average molecular weight is 356 g/mol. The minimum atomic E-state index is -0.194. The number of ether oxygens (including phenoxy) is 1. The zero-order chi connectivity index (χ0) is 18.1. The Labute approximate surface area is 154 Å². The van der Waals surface area contributed by atoms with Crippen molar-refractivity contribution in [3.8, 4) is 0 Å². The topological polar surface area (TPSA) is 69.7 Å². The first kappa shape index (κ1) is 17.3. The molecule has 26 heavy (non-hydrogen) atoms. The van der Waals surface area contributed by atoms with E-state index in [4.69, 9.17) is 4.74 Å². The van der Waals surface area contributed by atoms with Gasteiger partial charge >= 0.3 is 0 Å². The molecule has 3 aliphatic rings. The van der Waals surface area contributed by atoms with Gasteiger partial charge in [-0.2, -0.15) is 0 Å². The fourth-order valence-corrected chi connectivity index (χ4v) is 4.15. The summed E-state index contributed by atoms with van der Waals surface area (Å²) in [5, 5.41) is 4.05. The first-order valence-electron chi connectivity index (χ1n) is 9.83. The highest BCUT2D eigenvalue weighted by Crippen LogP contribution is 2.30. The number of aryl methyl sites for hydroxylation is 1. The monoisotopic (exact) mass is 356 g/mol. The molecule has 6 nitrogen and oxygen atoms in total. The van der Waals surface area contributed by atoms with Crippen LogP contribution in [0.4, 0.5) is 0 Å². The van der Waals surface area contributed by atoms with Gasteiger partial charge in [-0.1, -0.05) is 0 Å². The van der Waals surface area contributed by atoms with Crippen LogP contribution < -0.4 is 5.43 Å². The molecule has 4 rings (SSSR count). The Hall–Kier alpha value is -2.08. The summed E-state index contributed by atoms with van der Waals surface area (Å²) in [6, 6.07) is 0. The smallest absolute Gasteiger partial charge is 0.277 e. The third kappa shape index (κ3) is 3.43. The Morgan fingerprint density at radius 1 is 1.19 bits per heavy atom. The molecule has 6 heteroatoms. The number of hydrogen-bond donors (Lipinski definition) is 2. The van der Waals surface area contributed by atoms with E-state index in [2.05, 4.69) is 20.4 Å².